The number of nitrogens with zero attached hydrogens (tertiary/aromatic N) is 2. The second-order valence-corrected chi connectivity index (χ2v) is 25.6. The van der Waals surface area contributed by atoms with Gasteiger partial charge in [0.2, 0.25) is 5.88 Å². The van der Waals surface area contributed by atoms with E-state index in [0.717, 1.165) is 25.9 Å². The first-order valence-electron chi connectivity index (χ1n) is 24.9. The van der Waals surface area contributed by atoms with Gasteiger partial charge in [0.1, 0.15) is 0 Å². The maximum absolute atomic E-state index is 13.9. The van der Waals surface area contributed by atoms with Crippen LogP contribution in [0.2, 0.25) is 0 Å². The van der Waals surface area contributed by atoms with Crippen LogP contribution in [-0.2, 0) is 19.4 Å². The highest BCUT2D eigenvalue weighted by molar-refractivity contribution is 7.91. The van der Waals surface area contributed by atoms with Crippen molar-refractivity contribution < 1.29 is 32.6 Å². The standard InChI is InChI=1S/C53H79N3O7S/c1-35(2)39-14-22-53(55-27-28-56-29-32-64(60,61)33-30-56)24-23-50(8)41(45(39)53)10-11-43-49(7)18-15-40(48(5,6)42(49)16-19-51(43,50)9)37-12-20-52(21-13-37,47(59)63-36(3)4)25-31-62-44-34-38(46(57)58)17-26-54-44/h12,15,17,26,34,36,39,41-43,45,55H,1,10-11,13-14,16,18-25,27-33H2,2-9H3,(H,57,58)/t39-,41+,42-,43+,45+,49-,50+,51+,52?,53-/m0/s1. The predicted molar refractivity (Wildman–Crippen MR) is 253 cm³/mol. The minimum absolute atomic E-state index is 0.0129. The number of pyridine rings is 1. The molecule has 5 fully saturated rings. The van der Waals surface area contributed by atoms with Crippen LogP contribution in [0.4, 0.5) is 0 Å². The SMILES string of the molecule is C=C(C)[C@@H]1CC[C@]2(NCCN3CCS(=O)(=O)CC3)CC[C@]3(C)[C@H](CC[C@@H]4[C@@]5(C)CC=C(C6=CCC(CCOc7cc(C(=O)O)ccn7)(C(=O)OC(C)C)CC6)C(C)(C)[C@@H]5CC[C@]43C)[C@@H]12. The Balaban J connectivity index is 0.996. The van der Waals surface area contributed by atoms with Crippen LogP contribution in [0.1, 0.15) is 149 Å². The Morgan fingerprint density at radius 1 is 0.953 bits per heavy atom. The number of aromatic carboxylic acids is 1. The average Bonchev–Trinajstić information content (AvgIpc) is 3.62. The monoisotopic (exact) mass is 902 g/mol. The topological polar surface area (TPSA) is 135 Å². The summed E-state index contributed by atoms with van der Waals surface area (Å²) in [7, 11) is -2.89. The molecule has 1 aromatic heterocycles. The molecule has 8 rings (SSSR count). The average molecular weight is 902 g/mol. The summed E-state index contributed by atoms with van der Waals surface area (Å²) >= 11 is 0. The number of esters is 1. The number of carbonyl (C=O) groups excluding carboxylic acids is 1. The number of allylic oxidation sites excluding steroid dienone is 5. The van der Waals surface area contributed by atoms with Crippen molar-refractivity contribution in [3.05, 3.63) is 59.3 Å². The van der Waals surface area contributed by atoms with Crippen molar-refractivity contribution in [2.75, 3.05) is 44.3 Å². The number of carbonyl (C=O) groups is 2. The fourth-order valence-electron chi connectivity index (χ4n) is 16.0. The fraction of sp³-hybridized carbons (Fsp3) is 0.755. The molecular weight excluding hydrogens is 823 g/mol. The summed E-state index contributed by atoms with van der Waals surface area (Å²) in [6.07, 6.45) is 19.7. The Hall–Kier alpha value is -3.02. The first kappa shape index (κ1) is 47.5. The third kappa shape index (κ3) is 8.15. The van der Waals surface area contributed by atoms with E-state index in [9.17, 15) is 23.1 Å². The molecule has 1 saturated heterocycles. The number of nitrogens with one attached hydrogen (secondary N) is 1. The Bertz CT molecular complexity index is 2150. The van der Waals surface area contributed by atoms with Gasteiger partial charge in [-0.3, -0.25) is 4.79 Å². The van der Waals surface area contributed by atoms with E-state index in [1.165, 1.54) is 86.4 Å². The molecule has 10 atom stereocenters. The zero-order valence-electron chi connectivity index (χ0n) is 40.4. The van der Waals surface area contributed by atoms with E-state index in [2.05, 4.69) is 75.5 Å². The van der Waals surface area contributed by atoms with Gasteiger partial charge in [-0.25, -0.2) is 18.2 Å². The van der Waals surface area contributed by atoms with Gasteiger partial charge in [0, 0.05) is 44.0 Å². The number of hydrogen-bond acceptors (Lipinski definition) is 9. The zero-order valence-corrected chi connectivity index (χ0v) is 41.2. The summed E-state index contributed by atoms with van der Waals surface area (Å²) in [6.45, 7) is 27.2. The van der Waals surface area contributed by atoms with Gasteiger partial charge in [0.25, 0.3) is 0 Å². The lowest BCUT2D eigenvalue weighted by atomic mass is 9.33. The Labute approximate surface area is 384 Å². The number of sulfone groups is 1. The number of carboxylic acid groups (broad SMARTS) is 1. The highest BCUT2D eigenvalue weighted by Crippen LogP contribution is 2.76. The lowest BCUT2D eigenvalue weighted by Crippen LogP contribution is -2.68. The number of aromatic nitrogens is 1. The Morgan fingerprint density at radius 3 is 2.38 bits per heavy atom. The van der Waals surface area contributed by atoms with Crippen LogP contribution in [-0.4, -0.2) is 91.3 Å². The summed E-state index contributed by atoms with van der Waals surface area (Å²) < 4.78 is 36.1. The second-order valence-electron chi connectivity index (χ2n) is 23.3. The minimum atomic E-state index is -2.89. The lowest BCUT2D eigenvalue weighted by Gasteiger charge is -2.72. The molecule has 0 aromatic carbocycles. The number of hydrogen-bond donors (Lipinski definition) is 2. The largest absolute Gasteiger partial charge is 0.478 e. The molecule has 1 aromatic rings. The van der Waals surface area contributed by atoms with E-state index in [4.69, 9.17) is 9.47 Å². The maximum atomic E-state index is 13.9. The summed E-state index contributed by atoms with van der Waals surface area (Å²) in [4.78, 5) is 32.0. The molecule has 0 bridgehead atoms. The molecule has 10 nitrogen and oxygen atoms in total. The van der Waals surface area contributed by atoms with Crippen molar-refractivity contribution in [2.45, 2.75) is 151 Å². The van der Waals surface area contributed by atoms with Crippen LogP contribution in [0, 0.1) is 56.7 Å². The van der Waals surface area contributed by atoms with E-state index >= 15 is 0 Å². The van der Waals surface area contributed by atoms with Gasteiger partial charge in [-0.2, -0.15) is 0 Å². The van der Waals surface area contributed by atoms with Gasteiger partial charge in [-0.15, -0.1) is 0 Å². The molecule has 4 saturated carbocycles. The Morgan fingerprint density at radius 2 is 1.70 bits per heavy atom. The number of carboxylic acids is 1. The van der Waals surface area contributed by atoms with Gasteiger partial charge >= 0.3 is 11.9 Å². The van der Waals surface area contributed by atoms with Crippen LogP contribution in [0.15, 0.2) is 53.8 Å². The van der Waals surface area contributed by atoms with Gasteiger partial charge in [0.15, 0.2) is 9.84 Å². The summed E-state index contributed by atoms with van der Waals surface area (Å²) in [6, 6.07) is 2.87. The van der Waals surface area contributed by atoms with Crippen LogP contribution >= 0.6 is 0 Å². The summed E-state index contributed by atoms with van der Waals surface area (Å²) in [5.41, 5.74) is 4.39. The van der Waals surface area contributed by atoms with Gasteiger partial charge in [-0.05, 0) is 173 Å². The normalized spacial score (nSPS) is 39.0. The number of rotatable bonds is 13. The third-order valence-corrected chi connectivity index (χ3v) is 21.1. The maximum Gasteiger partial charge on any atom is 0.335 e. The molecule has 1 aliphatic heterocycles. The molecule has 6 aliphatic carbocycles. The van der Waals surface area contributed by atoms with Gasteiger partial charge in [-0.1, -0.05) is 58.9 Å². The van der Waals surface area contributed by atoms with E-state index < -0.39 is 21.2 Å². The summed E-state index contributed by atoms with van der Waals surface area (Å²) in [5.74, 6) is 2.56. The molecule has 7 aliphatic rings. The molecule has 1 unspecified atom stereocenters. The predicted octanol–water partition coefficient (Wildman–Crippen LogP) is 9.86. The van der Waals surface area contributed by atoms with E-state index in [1.807, 2.05) is 13.8 Å². The second kappa shape index (κ2) is 17.2. The molecule has 11 heteroatoms. The molecular formula is C53H79N3O7S. The quantitative estimate of drug-likeness (QED) is 0.146. The molecule has 2 N–H and O–H groups in total. The Kier molecular flexibility index (Phi) is 12.8. The molecule has 354 valence electrons. The van der Waals surface area contributed by atoms with Crippen LogP contribution in [0.25, 0.3) is 0 Å². The molecule has 0 amide bonds. The van der Waals surface area contributed by atoms with E-state index in [0.29, 0.717) is 61.9 Å². The van der Waals surface area contributed by atoms with Crippen LogP contribution < -0.4 is 10.1 Å². The zero-order chi connectivity index (χ0) is 46.1. The van der Waals surface area contributed by atoms with Crippen LogP contribution in [0.3, 0.4) is 0 Å². The van der Waals surface area contributed by atoms with Crippen molar-refractivity contribution in [1.82, 2.24) is 15.2 Å². The number of fused-ring (bicyclic) bond motifs is 7. The minimum Gasteiger partial charge on any atom is -0.478 e. The third-order valence-electron chi connectivity index (χ3n) is 19.5. The first-order valence-corrected chi connectivity index (χ1v) is 26.7. The smallest absolute Gasteiger partial charge is 0.335 e. The number of ether oxygens (including phenoxy) is 2. The van der Waals surface area contributed by atoms with Gasteiger partial charge < -0.3 is 24.8 Å². The van der Waals surface area contributed by atoms with Crippen molar-refractivity contribution in [3.8, 4) is 5.88 Å². The lowest BCUT2D eigenvalue weighted by molar-refractivity contribution is -0.221. The molecule has 2 heterocycles. The molecule has 0 radical (unpaired) electrons. The van der Waals surface area contributed by atoms with E-state index in [1.54, 1.807) is 0 Å². The van der Waals surface area contributed by atoms with Crippen molar-refractivity contribution >= 4 is 21.8 Å². The van der Waals surface area contributed by atoms with Crippen LogP contribution in [0.5, 0.6) is 5.88 Å². The highest BCUT2D eigenvalue weighted by atomic mass is 32.2. The fourth-order valence-corrected chi connectivity index (χ4v) is 17.3. The van der Waals surface area contributed by atoms with Crippen molar-refractivity contribution in [3.63, 3.8) is 0 Å². The van der Waals surface area contributed by atoms with Gasteiger partial charge in [0.05, 0.1) is 35.2 Å². The molecule has 64 heavy (non-hydrogen) atoms. The highest BCUT2D eigenvalue weighted by Gasteiger charge is 2.70. The van der Waals surface area contributed by atoms with Crippen molar-refractivity contribution in [2.24, 2.45) is 56.7 Å². The first-order chi connectivity index (χ1) is 30.1. The summed E-state index contributed by atoms with van der Waals surface area (Å²) in [5, 5.41) is 13.7. The van der Waals surface area contributed by atoms with Crippen molar-refractivity contribution in [1.29, 1.82) is 0 Å². The van der Waals surface area contributed by atoms with E-state index in [-0.39, 0.29) is 68.8 Å². The molecule has 0 spiro atoms.